The van der Waals surface area contributed by atoms with Crippen LogP contribution in [0.5, 0.6) is 0 Å². The largest absolute Gasteiger partial charge is 0.326 e. The Morgan fingerprint density at radius 1 is 1.25 bits per heavy atom. The summed E-state index contributed by atoms with van der Waals surface area (Å²) in [7, 11) is -1.69. The summed E-state index contributed by atoms with van der Waals surface area (Å²) in [6.07, 6.45) is 3.72. The number of nitrogens with zero attached hydrogens (tertiary/aromatic N) is 2. The van der Waals surface area contributed by atoms with Crippen LogP contribution in [0, 0.1) is 5.92 Å². The van der Waals surface area contributed by atoms with Crippen molar-refractivity contribution in [1.82, 2.24) is 19.8 Å². The Bertz CT molecular complexity index is 912. The van der Waals surface area contributed by atoms with Gasteiger partial charge in [0.05, 0.1) is 17.0 Å². The van der Waals surface area contributed by atoms with Gasteiger partial charge in [-0.05, 0) is 43.7 Å². The van der Waals surface area contributed by atoms with Gasteiger partial charge in [-0.15, -0.1) is 12.4 Å². The molecule has 3 N–H and O–H groups in total. The lowest BCUT2D eigenvalue weighted by Crippen LogP contribution is -2.30. The highest BCUT2D eigenvalue weighted by atomic mass is 35.5. The molecule has 0 unspecified atom stereocenters. The second-order valence-corrected chi connectivity index (χ2v) is 8.82. The first-order valence-electron chi connectivity index (χ1n) is 8.89. The van der Waals surface area contributed by atoms with E-state index in [2.05, 4.69) is 20.5 Å². The Labute approximate surface area is 171 Å². The number of amides is 1. The van der Waals surface area contributed by atoms with Gasteiger partial charge in [0.15, 0.2) is 0 Å². The Hall–Kier alpha value is -1.94. The molecule has 2 atom stereocenters. The van der Waals surface area contributed by atoms with E-state index in [1.54, 1.807) is 36.9 Å². The van der Waals surface area contributed by atoms with Gasteiger partial charge in [0.1, 0.15) is 0 Å². The fraction of sp³-hybridized carbons (Fsp3) is 0.444. The quantitative estimate of drug-likeness (QED) is 0.647. The molecule has 3 rings (SSSR count). The number of aryl methyl sites for hydroxylation is 1. The number of aromatic nitrogens is 2. The first-order chi connectivity index (χ1) is 12.8. The summed E-state index contributed by atoms with van der Waals surface area (Å²) in [5.41, 5.74) is 1.60. The van der Waals surface area contributed by atoms with Crippen molar-refractivity contribution in [3.8, 4) is 0 Å². The molecular formula is C18H26ClN5O3S. The van der Waals surface area contributed by atoms with E-state index in [0.29, 0.717) is 12.2 Å². The summed E-state index contributed by atoms with van der Waals surface area (Å²) in [6, 6.07) is 6.01. The Balaban J connectivity index is 0.00000280. The standard InChI is InChI=1S/C18H25N5O3S.ClH/c1-12(2)22-27(25,26)15-6-4-14(5-7-15)21-18(24)17-10-19-9-16(17)13-8-20-23(3)11-13;/h4-8,11-12,16-17,19,22H,9-10H2,1-3H3,(H,21,24);1H/t16-,17+;/m1./s1. The molecule has 1 aromatic heterocycles. The zero-order valence-electron chi connectivity index (χ0n) is 16.0. The van der Waals surface area contributed by atoms with Crippen molar-refractivity contribution in [2.24, 2.45) is 13.0 Å². The molecule has 0 saturated carbocycles. The Morgan fingerprint density at radius 2 is 1.93 bits per heavy atom. The van der Waals surface area contributed by atoms with Crippen LogP contribution in [0.2, 0.25) is 0 Å². The van der Waals surface area contributed by atoms with E-state index < -0.39 is 10.0 Å². The highest BCUT2D eigenvalue weighted by Crippen LogP contribution is 2.29. The number of carbonyl (C=O) groups excluding carboxylic acids is 1. The Kier molecular flexibility index (Phi) is 7.22. The first-order valence-corrected chi connectivity index (χ1v) is 10.4. The van der Waals surface area contributed by atoms with Gasteiger partial charge in [0, 0.05) is 44.0 Å². The van der Waals surface area contributed by atoms with E-state index >= 15 is 0 Å². The van der Waals surface area contributed by atoms with E-state index in [4.69, 9.17) is 0 Å². The van der Waals surface area contributed by atoms with Crippen molar-refractivity contribution in [3.05, 3.63) is 42.2 Å². The molecule has 8 nitrogen and oxygen atoms in total. The number of nitrogens with one attached hydrogen (secondary N) is 3. The lowest BCUT2D eigenvalue weighted by molar-refractivity contribution is -0.119. The average molecular weight is 428 g/mol. The van der Waals surface area contributed by atoms with Crippen molar-refractivity contribution in [1.29, 1.82) is 0 Å². The second-order valence-electron chi connectivity index (χ2n) is 7.11. The number of hydrogen-bond acceptors (Lipinski definition) is 5. The van der Waals surface area contributed by atoms with Crippen LogP contribution in [-0.2, 0) is 21.9 Å². The van der Waals surface area contributed by atoms with Crippen LogP contribution in [0.15, 0.2) is 41.6 Å². The first kappa shape index (κ1) is 22.4. The molecule has 10 heteroatoms. The molecule has 0 aliphatic carbocycles. The van der Waals surface area contributed by atoms with Crippen LogP contribution < -0.4 is 15.4 Å². The molecule has 1 aliphatic heterocycles. The highest BCUT2D eigenvalue weighted by Gasteiger charge is 2.34. The summed E-state index contributed by atoms with van der Waals surface area (Å²) in [4.78, 5) is 12.9. The lowest BCUT2D eigenvalue weighted by atomic mass is 9.90. The molecular weight excluding hydrogens is 402 g/mol. The van der Waals surface area contributed by atoms with Gasteiger partial charge in [0.25, 0.3) is 0 Å². The second kappa shape index (κ2) is 9.04. The minimum absolute atomic E-state index is 0. The summed E-state index contributed by atoms with van der Waals surface area (Å²) < 4.78 is 28.6. The van der Waals surface area contributed by atoms with Crippen LogP contribution in [0.4, 0.5) is 5.69 Å². The summed E-state index contributed by atoms with van der Waals surface area (Å²) in [5, 5.41) is 10.3. The zero-order chi connectivity index (χ0) is 19.6. The number of carbonyl (C=O) groups is 1. The van der Waals surface area contributed by atoms with Gasteiger partial charge < -0.3 is 10.6 Å². The fourth-order valence-electron chi connectivity index (χ4n) is 3.27. The van der Waals surface area contributed by atoms with Gasteiger partial charge in [-0.2, -0.15) is 5.10 Å². The monoisotopic (exact) mass is 427 g/mol. The minimum Gasteiger partial charge on any atom is -0.326 e. The molecule has 1 aromatic carbocycles. The summed E-state index contributed by atoms with van der Waals surface area (Å²) in [6.45, 7) is 4.85. The van der Waals surface area contributed by atoms with E-state index in [9.17, 15) is 13.2 Å². The number of rotatable bonds is 6. The van der Waals surface area contributed by atoms with E-state index in [1.165, 1.54) is 12.1 Å². The van der Waals surface area contributed by atoms with Crippen molar-refractivity contribution >= 4 is 34.0 Å². The predicted molar refractivity (Wildman–Crippen MR) is 110 cm³/mol. The normalized spacial score (nSPS) is 19.4. The van der Waals surface area contributed by atoms with E-state index in [0.717, 1.165) is 12.1 Å². The van der Waals surface area contributed by atoms with Gasteiger partial charge in [0.2, 0.25) is 15.9 Å². The molecule has 0 radical (unpaired) electrons. The molecule has 28 heavy (non-hydrogen) atoms. The third kappa shape index (κ3) is 5.11. The molecule has 2 heterocycles. The third-order valence-electron chi connectivity index (χ3n) is 4.53. The zero-order valence-corrected chi connectivity index (χ0v) is 17.7. The SMILES string of the molecule is CC(C)NS(=O)(=O)c1ccc(NC(=O)[C@H]2CNC[C@@H]2c2cnn(C)c2)cc1.Cl. The van der Waals surface area contributed by atoms with Crippen molar-refractivity contribution in [2.75, 3.05) is 18.4 Å². The maximum atomic E-state index is 12.7. The molecule has 1 saturated heterocycles. The predicted octanol–water partition coefficient (Wildman–Crippen LogP) is 1.47. The number of benzene rings is 1. The van der Waals surface area contributed by atoms with Crippen LogP contribution in [0.1, 0.15) is 25.3 Å². The molecule has 1 fully saturated rings. The summed E-state index contributed by atoms with van der Waals surface area (Å²) in [5.74, 6) is -0.237. The lowest BCUT2D eigenvalue weighted by Gasteiger charge is -2.17. The molecule has 2 aromatic rings. The van der Waals surface area contributed by atoms with Crippen molar-refractivity contribution in [3.63, 3.8) is 0 Å². The number of hydrogen-bond donors (Lipinski definition) is 3. The molecule has 0 spiro atoms. The van der Waals surface area contributed by atoms with Crippen LogP contribution in [-0.4, -0.2) is 43.2 Å². The Morgan fingerprint density at radius 3 is 2.50 bits per heavy atom. The van der Waals surface area contributed by atoms with Crippen LogP contribution in [0.25, 0.3) is 0 Å². The van der Waals surface area contributed by atoms with Crippen molar-refractivity contribution in [2.45, 2.75) is 30.7 Å². The number of sulfonamides is 1. The smallest absolute Gasteiger partial charge is 0.240 e. The maximum Gasteiger partial charge on any atom is 0.240 e. The highest BCUT2D eigenvalue weighted by molar-refractivity contribution is 7.89. The average Bonchev–Trinajstić information content (AvgIpc) is 3.22. The maximum absolute atomic E-state index is 12.7. The van der Waals surface area contributed by atoms with Crippen molar-refractivity contribution < 1.29 is 13.2 Å². The molecule has 154 valence electrons. The molecule has 1 amide bonds. The van der Waals surface area contributed by atoms with E-state index in [1.807, 2.05) is 13.2 Å². The third-order valence-corrected chi connectivity index (χ3v) is 6.20. The summed E-state index contributed by atoms with van der Waals surface area (Å²) >= 11 is 0. The van der Waals surface area contributed by atoms with Crippen LogP contribution >= 0.6 is 12.4 Å². The molecule has 0 bridgehead atoms. The minimum atomic E-state index is -3.54. The topological polar surface area (TPSA) is 105 Å². The van der Waals surface area contributed by atoms with E-state index in [-0.39, 0.29) is 41.1 Å². The van der Waals surface area contributed by atoms with Gasteiger partial charge in [-0.3, -0.25) is 9.48 Å². The van der Waals surface area contributed by atoms with Gasteiger partial charge >= 0.3 is 0 Å². The number of anilines is 1. The van der Waals surface area contributed by atoms with Gasteiger partial charge in [-0.1, -0.05) is 0 Å². The molecule has 1 aliphatic rings. The van der Waals surface area contributed by atoms with Gasteiger partial charge in [-0.25, -0.2) is 13.1 Å². The fourth-order valence-corrected chi connectivity index (χ4v) is 4.52. The number of halogens is 1. The van der Waals surface area contributed by atoms with Crippen LogP contribution in [0.3, 0.4) is 0 Å².